The molecule has 27 heavy (non-hydrogen) atoms. The van der Waals surface area contributed by atoms with Crippen LogP contribution >= 0.6 is 11.8 Å². The lowest BCUT2D eigenvalue weighted by atomic mass is 10.2. The molecule has 0 spiro atoms. The van der Waals surface area contributed by atoms with Crippen LogP contribution in [-0.2, 0) is 0 Å². The van der Waals surface area contributed by atoms with Crippen LogP contribution in [0.15, 0.2) is 58.3 Å². The van der Waals surface area contributed by atoms with Gasteiger partial charge in [0.2, 0.25) is 0 Å². The van der Waals surface area contributed by atoms with Gasteiger partial charge in [-0.15, -0.1) is 0 Å². The Hall–Kier alpha value is -2.79. The van der Waals surface area contributed by atoms with E-state index >= 15 is 0 Å². The first-order chi connectivity index (χ1) is 13.1. The number of rotatable bonds is 4. The number of benzene rings is 2. The van der Waals surface area contributed by atoms with Crippen molar-refractivity contribution in [2.24, 2.45) is 0 Å². The topological polar surface area (TPSA) is 44.2 Å². The van der Waals surface area contributed by atoms with Crippen molar-refractivity contribution in [1.29, 1.82) is 0 Å². The molecule has 2 aromatic heterocycles. The number of aryl methyl sites for hydroxylation is 2. The Morgan fingerprint density at radius 3 is 1.52 bits per heavy atom. The van der Waals surface area contributed by atoms with Gasteiger partial charge in [0.15, 0.2) is 0 Å². The van der Waals surface area contributed by atoms with Crippen molar-refractivity contribution in [3.63, 3.8) is 0 Å². The van der Waals surface area contributed by atoms with E-state index in [1.807, 2.05) is 50.2 Å². The van der Waals surface area contributed by atoms with E-state index in [0.29, 0.717) is 0 Å². The minimum atomic E-state index is 0.826. The van der Waals surface area contributed by atoms with Gasteiger partial charge >= 0.3 is 0 Å². The van der Waals surface area contributed by atoms with Gasteiger partial charge in [0.1, 0.15) is 11.5 Å². The van der Waals surface area contributed by atoms with Crippen LogP contribution in [0.2, 0.25) is 0 Å². The molecule has 0 saturated heterocycles. The van der Waals surface area contributed by atoms with Crippen LogP contribution in [0, 0.1) is 13.8 Å². The summed E-state index contributed by atoms with van der Waals surface area (Å²) < 4.78 is 10.8. The SMILES string of the molecule is COc1ccc2nc(C)cc(Sc3cc(C)nc4ccc(OC)cc34)c2c1. The Morgan fingerprint density at radius 2 is 1.11 bits per heavy atom. The molecule has 0 amide bonds. The lowest BCUT2D eigenvalue weighted by Crippen LogP contribution is -1.91. The minimum Gasteiger partial charge on any atom is -0.497 e. The van der Waals surface area contributed by atoms with Crippen LogP contribution in [0.5, 0.6) is 11.5 Å². The summed E-state index contributed by atoms with van der Waals surface area (Å²) in [6, 6.07) is 16.2. The Labute approximate surface area is 162 Å². The van der Waals surface area contributed by atoms with Crippen molar-refractivity contribution >= 4 is 33.6 Å². The van der Waals surface area contributed by atoms with Crippen LogP contribution in [-0.4, -0.2) is 24.2 Å². The molecule has 0 radical (unpaired) electrons. The normalized spacial score (nSPS) is 11.1. The zero-order valence-corrected chi connectivity index (χ0v) is 16.6. The fraction of sp³-hybridized carbons (Fsp3) is 0.182. The van der Waals surface area contributed by atoms with Gasteiger partial charge in [-0.3, -0.25) is 9.97 Å². The molecule has 4 aromatic rings. The molecule has 0 N–H and O–H groups in total. The van der Waals surface area contributed by atoms with E-state index in [0.717, 1.165) is 54.5 Å². The van der Waals surface area contributed by atoms with Gasteiger partial charge in [0.05, 0.1) is 25.3 Å². The van der Waals surface area contributed by atoms with Crippen molar-refractivity contribution in [3.05, 3.63) is 59.9 Å². The van der Waals surface area contributed by atoms with Crippen molar-refractivity contribution in [1.82, 2.24) is 9.97 Å². The van der Waals surface area contributed by atoms with E-state index in [9.17, 15) is 0 Å². The van der Waals surface area contributed by atoms with Gasteiger partial charge in [0.25, 0.3) is 0 Å². The zero-order chi connectivity index (χ0) is 19.0. The summed E-state index contributed by atoms with van der Waals surface area (Å²) in [6.07, 6.45) is 0. The van der Waals surface area contributed by atoms with Crippen molar-refractivity contribution < 1.29 is 9.47 Å². The number of pyridine rings is 2. The van der Waals surface area contributed by atoms with Crippen LogP contribution in [0.25, 0.3) is 21.8 Å². The van der Waals surface area contributed by atoms with Crippen molar-refractivity contribution in [3.8, 4) is 11.5 Å². The molecule has 0 fully saturated rings. The lowest BCUT2D eigenvalue weighted by molar-refractivity contribution is 0.415. The maximum absolute atomic E-state index is 5.41. The average molecular weight is 376 g/mol. The number of hydrogen-bond acceptors (Lipinski definition) is 5. The van der Waals surface area contributed by atoms with Crippen LogP contribution < -0.4 is 9.47 Å². The van der Waals surface area contributed by atoms with Crippen molar-refractivity contribution in [2.45, 2.75) is 23.6 Å². The molecule has 0 atom stereocenters. The summed E-state index contributed by atoms with van der Waals surface area (Å²) >= 11 is 1.72. The van der Waals surface area contributed by atoms with E-state index in [2.05, 4.69) is 22.1 Å². The third-order valence-corrected chi connectivity index (χ3v) is 5.55. The number of nitrogens with zero attached hydrogens (tertiary/aromatic N) is 2. The summed E-state index contributed by atoms with van der Waals surface area (Å²) in [5.41, 5.74) is 3.91. The van der Waals surface area contributed by atoms with E-state index in [-0.39, 0.29) is 0 Å². The van der Waals surface area contributed by atoms with Crippen molar-refractivity contribution in [2.75, 3.05) is 14.2 Å². The predicted molar refractivity (Wildman–Crippen MR) is 110 cm³/mol. The first-order valence-electron chi connectivity index (χ1n) is 8.66. The second-order valence-electron chi connectivity index (χ2n) is 6.39. The van der Waals surface area contributed by atoms with Gasteiger partial charge in [-0.25, -0.2) is 0 Å². The highest BCUT2D eigenvalue weighted by atomic mass is 32.2. The second-order valence-corrected chi connectivity index (χ2v) is 7.48. The molecule has 0 bridgehead atoms. The van der Waals surface area contributed by atoms with Gasteiger partial charge in [-0.2, -0.15) is 0 Å². The second kappa shape index (κ2) is 7.08. The monoisotopic (exact) mass is 376 g/mol. The fourth-order valence-electron chi connectivity index (χ4n) is 3.14. The molecule has 0 aliphatic carbocycles. The third-order valence-electron chi connectivity index (χ3n) is 4.43. The zero-order valence-electron chi connectivity index (χ0n) is 15.7. The standard InChI is InChI=1S/C22H20N2O2S/c1-13-9-21(17-11-15(25-3)5-7-19(17)23-13)27-22-10-14(2)24-20-8-6-16(26-4)12-18(20)22/h5-12H,1-4H3. The average Bonchev–Trinajstić information content (AvgIpc) is 2.67. The van der Waals surface area contributed by atoms with E-state index in [1.165, 1.54) is 0 Å². The maximum Gasteiger partial charge on any atom is 0.119 e. The third kappa shape index (κ3) is 3.43. The fourth-order valence-corrected chi connectivity index (χ4v) is 4.38. The largest absolute Gasteiger partial charge is 0.497 e. The van der Waals surface area contributed by atoms with Gasteiger partial charge in [-0.1, -0.05) is 11.8 Å². The molecular weight excluding hydrogens is 356 g/mol. The smallest absolute Gasteiger partial charge is 0.119 e. The number of hydrogen-bond donors (Lipinski definition) is 0. The summed E-state index contributed by atoms with van der Waals surface area (Å²) in [5, 5.41) is 2.16. The first kappa shape index (κ1) is 17.6. The van der Waals surface area contributed by atoms with Gasteiger partial charge < -0.3 is 9.47 Å². The summed E-state index contributed by atoms with van der Waals surface area (Å²) in [4.78, 5) is 11.6. The molecule has 5 heteroatoms. The Morgan fingerprint density at radius 1 is 0.667 bits per heavy atom. The molecule has 0 aliphatic rings. The lowest BCUT2D eigenvalue weighted by Gasteiger charge is -2.12. The molecule has 2 aromatic carbocycles. The van der Waals surface area contributed by atoms with Gasteiger partial charge in [0, 0.05) is 32.0 Å². The number of methoxy groups -OCH3 is 2. The van der Waals surface area contributed by atoms with E-state index in [4.69, 9.17) is 9.47 Å². The molecule has 0 unspecified atom stereocenters. The van der Waals surface area contributed by atoms with Gasteiger partial charge in [-0.05, 0) is 62.4 Å². The van der Waals surface area contributed by atoms with Crippen LogP contribution in [0.1, 0.15) is 11.4 Å². The highest BCUT2D eigenvalue weighted by molar-refractivity contribution is 7.99. The Bertz CT molecular complexity index is 1070. The quantitative estimate of drug-likeness (QED) is 0.466. The molecule has 0 saturated carbocycles. The number of fused-ring (bicyclic) bond motifs is 2. The van der Waals surface area contributed by atoms with Crippen LogP contribution in [0.3, 0.4) is 0 Å². The Kier molecular flexibility index (Phi) is 4.62. The molecular formula is C22H20N2O2S. The number of aromatic nitrogens is 2. The molecule has 136 valence electrons. The summed E-state index contributed by atoms with van der Waals surface area (Å²) in [5.74, 6) is 1.65. The van der Waals surface area contributed by atoms with E-state index in [1.54, 1.807) is 26.0 Å². The number of ether oxygens (including phenoxy) is 2. The molecule has 4 rings (SSSR count). The Balaban J connectivity index is 1.91. The van der Waals surface area contributed by atoms with Crippen LogP contribution in [0.4, 0.5) is 0 Å². The van der Waals surface area contributed by atoms with E-state index < -0.39 is 0 Å². The summed E-state index contributed by atoms with van der Waals surface area (Å²) in [6.45, 7) is 4.04. The minimum absolute atomic E-state index is 0.826. The first-order valence-corrected chi connectivity index (χ1v) is 9.47. The summed E-state index contributed by atoms with van der Waals surface area (Å²) in [7, 11) is 3.36. The molecule has 0 aliphatic heterocycles. The molecule has 4 nitrogen and oxygen atoms in total. The maximum atomic E-state index is 5.41. The highest BCUT2D eigenvalue weighted by Gasteiger charge is 2.12. The highest BCUT2D eigenvalue weighted by Crippen LogP contribution is 2.39. The molecule has 2 heterocycles. The predicted octanol–water partition coefficient (Wildman–Crippen LogP) is 5.57.